The number of carbonyl (C=O) groups is 2. The second-order valence-corrected chi connectivity index (χ2v) is 6.58. The number of halogens is 1. The standard InChI is InChI=1S/C15H18BrN3O3/c1-22-9-13(20)19-6-4-15(5-7-19)17-12-3-2-10(16)8-11(12)14(21)18-15/h2-3,8,17H,4-7,9H2,1H3,(H,18,21). The van der Waals surface area contributed by atoms with Gasteiger partial charge in [0.05, 0.1) is 5.56 Å². The second kappa shape index (κ2) is 5.89. The smallest absolute Gasteiger partial charge is 0.255 e. The van der Waals surface area contributed by atoms with Gasteiger partial charge in [-0.25, -0.2) is 0 Å². The van der Waals surface area contributed by atoms with Gasteiger partial charge in [-0.3, -0.25) is 9.59 Å². The minimum atomic E-state index is -0.470. The number of nitrogens with one attached hydrogen (secondary N) is 2. The summed E-state index contributed by atoms with van der Waals surface area (Å²) in [5.41, 5.74) is 1.00. The Bertz CT molecular complexity index is 612. The largest absolute Gasteiger partial charge is 0.375 e. The van der Waals surface area contributed by atoms with E-state index >= 15 is 0 Å². The lowest BCUT2D eigenvalue weighted by Crippen LogP contribution is -2.62. The Labute approximate surface area is 137 Å². The average Bonchev–Trinajstić information content (AvgIpc) is 2.49. The molecule has 1 aromatic carbocycles. The van der Waals surface area contributed by atoms with Crippen LogP contribution in [-0.2, 0) is 9.53 Å². The number of likely N-dealkylation sites (tertiary alicyclic amines) is 1. The first-order valence-corrected chi connectivity index (χ1v) is 7.99. The first-order valence-electron chi connectivity index (χ1n) is 7.20. The number of hydrogen-bond donors (Lipinski definition) is 2. The van der Waals surface area contributed by atoms with Crippen LogP contribution in [0.25, 0.3) is 0 Å². The molecule has 1 spiro atoms. The summed E-state index contributed by atoms with van der Waals surface area (Å²) in [5.74, 6) is -0.0875. The van der Waals surface area contributed by atoms with Crippen LogP contribution in [0, 0.1) is 0 Å². The molecule has 6 nitrogen and oxygen atoms in total. The van der Waals surface area contributed by atoms with Crippen LogP contribution in [0.5, 0.6) is 0 Å². The maximum Gasteiger partial charge on any atom is 0.255 e. The third-order valence-electron chi connectivity index (χ3n) is 4.19. The van der Waals surface area contributed by atoms with Crippen LogP contribution < -0.4 is 10.6 Å². The molecule has 2 heterocycles. The lowest BCUT2D eigenvalue weighted by Gasteiger charge is -2.45. The van der Waals surface area contributed by atoms with E-state index in [4.69, 9.17) is 4.74 Å². The Hall–Kier alpha value is -1.60. The normalized spacial score (nSPS) is 19.4. The van der Waals surface area contributed by atoms with Gasteiger partial charge in [0.25, 0.3) is 5.91 Å². The summed E-state index contributed by atoms with van der Waals surface area (Å²) in [6, 6.07) is 5.62. The SMILES string of the molecule is COCC(=O)N1CCC2(CC1)NC(=O)c1cc(Br)ccc1N2. The van der Waals surface area contributed by atoms with Gasteiger partial charge in [0.1, 0.15) is 12.3 Å². The van der Waals surface area contributed by atoms with Crippen molar-refractivity contribution in [2.75, 3.05) is 32.1 Å². The Morgan fingerprint density at radius 2 is 2.09 bits per heavy atom. The van der Waals surface area contributed by atoms with Gasteiger partial charge in [0, 0.05) is 43.2 Å². The number of hydrogen-bond acceptors (Lipinski definition) is 4. The summed E-state index contributed by atoms with van der Waals surface area (Å²) in [6.07, 6.45) is 1.34. The molecule has 118 valence electrons. The zero-order chi connectivity index (χ0) is 15.7. The highest BCUT2D eigenvalue weighted by Crippen LogP contribution is 2.32. The average molecular weight is 368 g/mol. The van der Waals surface area contributed by atoms with Crippen molar-refractivity contribution in [2.24, 2.45) is 0 Å². The van der Waals surface area contributed by atoms with Gasteiger partial charge < -0.3 is 20.3 Å². The van der Waals surface area contributed by atoms with Gasteiger partial charge >= 0.3 is 0 Å². The molecule has 0 unspecified atom stereocenters. The van der Waals surface area contributed by atoms with Gasteiger partial charge in [0.2, 0.25) is 5.91 Å². The molecule has 0 radical (unpaired) electrons. The molecule has 1 aromatic rings. The molecule has 2 aliphatic rings. The predicted molar refractivity (Wildman–Crippen MR) is 85.7 cm³/mol. The number of amides is 2. The van der Waals surface area contributed by atoms with Crippen molar-refractivity contribution in [1.29, 1.82) is 0 Å². The first-order chi connectivity index (χ1) is 10.5. The Balaban J connectivity index is 1.73. The summed E-state index contributed by atoms with van der Waals surface area (Å²) >= 11 is 3.38. The molecule has 0 atom stereocenters. The molecule has 0 bridgehead atoms. The van der Waals surface area contributed by atoms with Crippen molar-refractivity contribution < 1.29 is 14.3 Å². The quantitative estimate of drug-likeness (QED) is 0.832. The summed E-state index contributed by atoms with van der Waals surface area (Å²) in [5, 5.41) is 6.51. The molecular formula is C15H18BrN3O3. The minimum absolute atomic E-state index is 0.0104. The number of benzene rings is 1. The van der Waals surface area contributed by atoms with E-state index in [1.54, 1.807) is 4.90 Å². The number of nitrogens with zero attached hydrogens (tertiary/aromatic N) is 1. The van der Waals surface area contributed by atoms with Gasteiger partial charge in [-0.1, -0.05) is 15.9 Å². The second-order valence-electron chi connectivity index (χ2n) is 5.66. The highest BCUT2D eigenvalue weighted by atomic mass is 79.9. The Morgan fingerprint density at radius 3 is 2.77 bits per heavy atom. The van der Waals surface area contributed by atoms with E-state index in [9.17, 15) is 9.59 Å². The third-order valence-corrected chi connectivity index (χ3v) is 4.68. The minimum Gasteiger partial charge on any atom is -0.375 e. The molecule has 3 rings (SSSR count). The van der Waals surface area contributed by atoms with Crippen molar-refractivity contribution in [3.05, 3.63) is 28.2 Å². The fourth-order valence-electron chi connectivity index (χ4n) is 2.99. The van der Waals surface area contributed by atoms with Crippen LogP contribution in [-0.4, -0.2) is 49.2 Å². The van der Waals surface area contributed by atoms with E-state index < -0.39 is 5.66 Å². The number of rotatable bonds is 2. The summed E-state index contributed by atoms with van der Waals surface area (Å²) in [4.78, 5) is 26.0. The van der Waals surface area contributed by atoms with Crippen LogP contribution in [0.1, 0.15) is 23.2 Å². The Kier molecular flexibility index (Phi) is 4.10. The molecule has 1 fully saturated rings. The molecule has 0 saturated carbocycles. The molecule has 1 saturated heterocycles. The van der Waals surface area contributed by atoms with E-state index in [0.29, 0.717) is 31.5 Å². The van der Waals surface area contributed by atoms with Crippen LogP contribution in [0.15, 0.2) is 22.7 Å². The van der Waals surface area contributed by atoms with E-state index in [1.165, 1.54) is 7.11 Å². The van der Waals surface area contributed by atoms with E-state index in [0.717, 1.165) is 10.2 Å². The molecule has 2 amide bonds. The molecule has 7 heteroatoms. The fourth-order valence-corrected chi connectivity index (χ4v) is 3.35. The molecule has 0 aliphatic carbocycles. The van der Waals surface area contributed by atoms with Crippen molar-refractivity contribution in [2.45, 2.75) is 18.5 Å². The topological polar surface area (TPSA) is 70.7 Å². The maximum absolute atomic E-state index is 12.4. The zero-order valence-electron chi connectivity index (χ0n) is 12.3. The van der Waals surface area contributed by atoms with Gasteiger partial charge in [-0.2, -0.15) is 0 Å². The predicted octanol–water partition coefficient (Wildman–Crippen LogP) is 1.57. The lowest BCUT2D eigenvalue weighted by atomic mass is 9.92. The number of fused-ring (bicyclic) bond motifs is 1. The fraction of sp³-hybridized carbons (Fsp3) is 0.467. The first kappa shape index (κ1) is 15.3. The van der Waals surface area contributed by atoms with Crippen molar-refractivity contribution in [3.8, 4) is 0 Å². The monoisotopic (exact) mass is 367 g/mol. The number of methoxy groups -OCH3 is 1. The van der Waals surface area contributed by atoms with Gasteiger partial charge in [-0.05, 0) is 18.2 Å². The lowest BCUT2D eigenvalue weighted by molar-refractivity contribution is -0.136. The summed E-state index contributed by atoms with van der Waals surface area (Å²) < 4.78 is 5.76. The molecule has 2 N–H and O–H groups in total. The highest BCUT2D eigenvalue weighted by molar-refractivity contribution is 9.10. The van der Waals surface area contributed by atoms with E-state index in [-0.39, 0.29) is 18.4 Å². The maximum atomic E-state index is 12.4. The van der Waals surface area contributed by atoms with Crippen LogP contribution >= 0.6 is 15.9 Å². The van der Waals surface area contributed by atoms with E-state index in [2.05, 4.69) is 26.6 Å². The molecule has 0 aromatic heterocycles. The molecular weight excluding hydrogens is 350 g/mol. The number of ether oxygens (including phenoxy) is 1. The Morgan fingerprint density at radius 1 is 1.36 bits per heavy atom. The van der Waals surface area contributed by atoms with E-state index in [1.807, 2.05) is 18.2 Å². The van der Waals surface area contributed by atoms with Gasteiger partial charge in [0.15, 0.2) is 0 Å². The summed E-state index contributed by atoms with van der Waals surface area (Å²) in [7, 11) is 1.52. The van der Waals surface area contributed by atoms with Crippen molar-refractivity contribution in [3.63, 3.8) is 0 Å². The third kappa shape index (κ3) is 2.83. The van der Waals surface area contributed by atoms with Crippen LogP contribution in [0.2, 0.25) is 0 Å². The summed E-state index contributed by atoms with van der Waals surface area (Å²) in [6.45, 7) is 1.30. The molecule has 2 aliphatic heterocycles. The highest BCUT2D eigenvalue weighted by Gasteiger charge is 2.40. The zero-order valence-corrected chi connectivity index (χ0v) is 13.9. The van der Waals surface area contributed by atoms with Gasteiger partial charge in [-0.15, -0.1) is 0 Å². The number of carbonyl (C=O) groups excluding carboxylic acids is 2. The number of piperidine rings is 1. The molecule has 22 heavy (non-hydrogen) atoms. The van der Waals surface area contributed by atoms with Crippen LogP contribution in [0.3, 0.4) is 0 Å². The van der Waals surface area contributed by atoms with Crippen molar-refractivity contribution in [1.82, 2.24) is 10.2 Å². The van der Waals surface area contributed by atoms with Crippen molar-refractivity contribution >= 4 is 33.4 Å². The number of anilines is 1. The van der Waals surface area contributed by atoms with Crippen LogP contribution in [0.4, 0.5) is 5.69 Å².